The van der Waals surface area contributed by atoms with Crippen LogP contribution in [0, 0.1) is 5.82 Å². The van der Waals surface area contributed by atoms with E-state index in [1.807, 2.05) is 0 Å². The summed E-state index contributed by atoms with van der Waals surface area (Å²) in [6.07, 6.45) is 6.92. The van der Waals surface area contributed by atoms with Crippen LogP contribution in [0.3, 0.4) is 0 Å². The number of rotatable bonds is 5. The van der Waals surface area contributed by atoms with Crippen molar-refractivity contribution >= 4 is 12.2 Å². The van der Waals surface area contributed by atoms with E-state index in [1.165, 1.54) is 24.3 Å². The van der Waals surface area contributed by atoms with Gasteiger partial charge in [-0.15, -0.1) is 0 Å². The van der Waals surface area contributed by atoms with Crippen LogP contribution >= 0.6 is 0 Å². The molecule has 0 aliphatic heterocycles. The Balaban J connectivity index is 1.47. The van der Waals surface area contributed by atoms with E-state index >= 15 is 0 Å². The molecule has 1 aliphatic carbocycles. The van der Waals surface area contributed by atoms with Gasteiger partial charge >= 0.3 is 0 Å². The first-order valence-electron chi connectivity index (χ1n) is 10.2. The second-order valence-electron chi connectivity index (χ2n) is 7.63. The Labute approximate surface area is 181 Å². The van der Waals surface area contributed by atoms with E-state index < -0.39 is 11.1 Å². The van der Waals surface area contributed by atoms with Crippen LogP contribution in [-0.4, -0.2) is 19.9 Å². The number of halogens is 1. The van der Waals surface area contributed by atoms with Crippen LogP contribution < -0.4 is 26.6 Å². The zero-order valence-corrected chi connectivity index (χ0v) is 16.9. The molecule has 0 atom stereocenters. The Morgan fingerprint density at radius 3 is 2.38 bits per heavy atom. The molecule has 1 aliphatic rings. The third kappa shape index (κ3) is 4.29. The van der Waals surface area contributed by atoms with Crippen molar-refractivity contribution in [3.05, 3.63) is 109 Å². The van der Waals surface area contributed by atoms with Crippen molar-refractivity contribution < 1.29 is 9.13 Å². The predicted octanol–water partition coefficient (Wildman–Crippen LogP) is 2.25. The second kappa shape index (κ2) is 8.14. The van der Waals surface area contributed by atoms with Crippen molar-refractivity contribution in [3.63, 3.8) is 0 Å². The van der Waals surface area contributed by atoms with E-state index in [0.717, 1.165) is 18.5 Å². The Morgan fingerprint density at radius 2 is 1.66 bits per heavy atom. The average molecular weight is 430 g/mol. The molecule has 0 amide bonds. The average Bonchev–Trinajstić information content (AvgIpc) is 3.52. The normalized spacial score (nSPS) is 14.7. The van der Waals surface area contributed by atoms with Crippen molar-refractivity contribution in [2.24, 2.45) is 0 Å². The van der Waals surface area contributed by atoms with E-state index in [-0.39, 0.29) is 16.5 Å². The van der Waals surface area contributed by atoms with Crippen molar-refractivity contribution in [2.75, 3.05) is 0 Å². The molecule has 7 nitrogen and oxygen atoms in total. The van der Waals surface area contributed by atoms with Crippen molar-refractivity contribution in [2.45, 2.75) is 18.8 Å². The number of nitrogens with zero attached hydrogens (tertiary/aromatic N) is 1. The molecule has 2 aromatic carbocycles. The summed E-state index contributed by atoms with van der Waals surface area (Å²) in [6, 6.07) is 12.7. The number of hydrogen-bond acceptors (Lipinski definition) is 4. The fraction of sp³-hybridized carbons (Fsp3) is 0.125. The third-order valence-corrected chi connectivity index (χ3v) is 5.17. The quantitative estimate of drug-likeness (QED) is 0.452. The molecular weight excluding hydrogens is 411 g/mol. The van der Waals surface area contributed by atoms with Crippen LogP contribution in [0.4, 0.5) is 4.39 Å². The van der Waals surface area contributed by atoms with Gasteiger partial charge < -0.3 is 19.7 Å². The SMILES string of the molecule is O=c1[nH]/c(=C\c2nc[nH]c2C2CC2)c(=O)[nH]/c1=C\c1cccc(Oc2ccc(F)cc2)c1. The van der Waals surface area contributed by atoms with Gasteiger partial charge in [-0.1, -0.05) is 12.1 Å². The lowest BCUT2D eigenvalue weighted by Gasteiger charge is -2.06. The monoisotopic (exact) mass is 430 g/mol. The maximum absolute atomic E-state index is 13.1. The van der Waals surface area contributed by atoms with E-state index in [0.29, 0.717) is 28.7 Å². The highest BCUT2D eigenvalue weighted by Crippen LogP contribution is 2.40. The highest BCUT2D eigenvalue weighted by atomic mass is 19.1. The summed E-state index contributed by atoms with van der Waals surface area (Å²) in [7, 11) is 0. The fourth-order valence-electron chi connectivity index (χ4n) is 3.43. The fourth-order valence-corrected chi connectivity index (χ4v) is 3.43. The van der Waals surface area contributed by atoms with Gasteiger partial charge in [0.25, 0.3) is 11.1 Å². The molecule has 32 heavy (non-hydrogen) atoms. The zero-order chi connectivity index (χ0) is 22.1. The van der Waals surface area contributed by atoms with E-state index in [9.17, 15) is 14.0 Å². The molecule has 2 heterocycles. The van der Waals surface area contributed by atoms with Crippen LogP contribution in [0.15, 0.2) is 64.4 Å². The lowest BCUT2D eigenvalue weighted by atomic mass is 10.2. The zero-order valence-electron chi connectivity index (χ0n) is 16.9. The number of nitrogens with one attached hydrogen (secondary N) is 3. The first-order valence-corrected chi connectivity index (χ1v) is 10.2. The second-order valence-corrected chi connectivity index (χ2v) is 7.63. The predicted molar refractivity (Wildman–Crippen MR) is 118 cm³/mol. The van der Waals surface area contributed by atoms with Gasteiger partial charge in [0.1, 0.15) is 28.0 Å². The van der Waals surface area contributed by atoms with Crippen LogP contribution in [0.1, 0.15) is 35.7 Å². The molecular formula is C24H19FN4O3. The first kappa shape index (κ1) is 19.7. The largest absolute Gasteiger partial charge is 0.457 e. The molecule has 5 rings (SSSR count). The van der Waals surface area contributed by atoms with Gasteiger partial charge in [0, 0.05) is 11.6 Å². The Kier molecular flexibility index (Phi) is 5.03. The Morgan fingerprint density at radius 1 is 0.938 bits per heavy atom. The maximum Gasteiger partial charge on any atom is 0.272 e. The van der Waals surface area contributed by atoms with E-state index in [2.05, 4.69) is 19.9 Å². The molecule has 4 aromatic rings. The smallest absolute Gasteiger partial charge is 0.272 e. The summed E-state index contributed by atoms with van der Waals surface area (Å²) in [6.45, 7) is 0. The number of aromatic nitrogens is 4. The summed E-state index contributed by atoms with van der Waals surface area (Å²) in [5.74, 6) is 1.09. The van der Waals surface area contributed by atoms with Gasteiger partial charge in [0.15, 0.2) is 0 Å². The molecule has 160 valence electrons. The molecule has 0 saturated heterocycles. The number of hydrogen-bond donors (Lipinski definition) is 3. The molecule has 8 heteroatoms. The summed E-state index contributed by atoms with van der Waals surface area (Å²) in [5.41, 5.74) is 1.46. The topological polar surface area (TPSA) is 104 Å². The number of aromatic amines is 3. The Hall–Kier alpha value is -4.20. The van der Waals surface area contributed by atoms with Gasteiger partial charge in [0.2, 0.25) is 0 Å². The summed E-state index contributed by atoms with van der Waals surface area (Å²) in [5, 5.41) is 0.269. The minimum atomic E-state index is -0.427. The highest BCUT2D eigenvalue weighted by molar-refractivity contribution is 5.52. The van der Waals surface area contributed by atoms with Gasteiger partial charge in [-0.2, -0.15) is 0 Å². The lowest BCUT2D eigenvalue weighted by molar-refractivity contribution is 0.480. The van der Waals surface area contributed by atoms with Crippen LogP contribution in [0.5, 0.6) is 11.5 Å². The highest BCUT2D eigenvalue weighted by Gasteiger charge is 2.27. The maximum atomic E-state index is 13.1. The molecule has 0 bridgehead atoms. The van der Waals surface area contributed by atoms with Crippen LogP contribution in [0.25, 0.3) is 12.2 Å². The molecule has 1 saturated carbocycles. The van der Waals surface area contributed by atoms with Gasteiger partial charge in [0.05, 0.1) is 12.0 Å². The summed E-state index contributed by atoms with van der Waals surface area (Å²) in [4.78, 5) is 37.8. The number of ether oxygens (including phenoxy) is 1. The van der Waals surface area contributed by atoms with Crippen molar-refractivity contribution in [3.8, 4) is 11.5 Å². The number of imidazole rings is 1. The van der Waals surface area contributed by atoms with Crippen LogP contribution in [-0.2, 0) is 0 Å². The molecule has 0 unspecified atom stereocenters. The summed E-state index contributed by atoms with van der Waals surface area (Å²) < 4.78 is 18.8. The Bertz CT molecular complexity index is 1510. The molecule has 0 radical (unpaired) electrons. The molecule has 3 N–H and O–H groups in total. The minimum absolute atomic E-state index is 0.121. The number of benzene rings is 2. The van der Waals surface area contributed by atoms with Gasteiger partial charge in [-0.3, -0.25) is 9.59 Å². The van der Waals surface area contributed by atoms with Gasteiger partial charge in [-0.05, 0) is 67.0 Å². The van der Waals surface area contributed by atoms with E-state index in [4.69, 9.17) is 4.74 Å². The van der Waals surface area contributed by atoms with Gasteiger partial charge in [-0.25, -0.2) is 9.37 Å². The van der Waals surface area contributed by atoms with Crippen molar-refractivity contribution in [1.82, 2.24) is 19.9 Å². The van der Waals surface area contributed by atoms with Crippen molar-refractivity contribution in [1.29, 1.82) is 0 Å². The molecule has 2 aromatic heterocycles. The standard InChI is InChI=1S/C24H19FN4O3/c25-16-6-8-17(9-7-16)32-18-3-1-2-14(10-18)11-20-23(30)29-21(24(31)28-20)12-19-22(15-4-5-15)27-13-26-19/h1-3,6-13,15H,4-5H2,(H,26,27)(H,28,31)(H,29,30)/b20-11-,21-12-. The molecule has 0 spiro atoms. The third-order valence-electron chi connectivity index (χ3n) is 5.17. The molecule has 1 fully saturated rings. The first-order chi connectivity index (χ1) is 15.5. The van der Waals surface area contributed by atoms with Crippen LogP contribution in [0.2, 0.25) is 0 Å². The lowest BCUT2D eigenvalue weighted by Crippen LogP contribution is -2.46. The summed E-state index contributed by atoms with van der Waals surface area (Å²) >= 11 is 0. The minimum Gasteiger partial charge on any atom is -0.457 e. The van der Waals surface area contributed by atoms with E-state index in [1.54, 1.807) is 42.7 Å². The number of H-pyrrole nitrogens is 3.